The number of aromatic nitrogens is 1. The molecular weight excluding hydrogens is 286 g/mol. The summed E-state index contributed by atoms with van der Waals surface area (Å²) in [4.78, 5) is 17.1. The van der Waals surface area contributed by atoms with Crippen LogP contribution in [0.5, 0.6) is 0 Å². The van der Waals surface area contributed by atoms with E-state index in [1.807, 2.05) is 13.0 Å². The van der Waals surface area contributed by atoms with Gasteiger partial charge in [-0.2, -0.15) is 0 Å². The van der Waals surface area contributed by atoms with Gasteiger partial charge in [-0.05, 0) is 19.1 Å². The van der Waals surface area contributed by atoms with Gasteiger partial charge >= 0.3 is 0 Å². The molecule has 0 amide bonds. The molecule has 1 N–H and O–H groups in total. The molecule has 1 saturated heterocycles. The van der Waals surface area contributed by atoms with E-state index in [0.717, 1.165) is 22.3 Å². The zero-order valence-corrected chi connectivity index (χ0v) is 12.2. The van der Waals surface area contributed by atoms with Gasteiger partial charge in [0.25, 0.3) is 5.69 Å². The lowest BCUT2D eigenvalue weighted by Gasteiger charge is -2.34. The molecule has 2 heterocycles. The normalized spacial score (nSPS) is 18.6. The Kier molecular flexibility index (Phi) is 3.91. The number of ether oxygens (including phenoxy) is 1. The molecule has 0 saturated carbocycles. The third-order valence-corrected chi connectivity index (χ3v) is 3.79. The minimum Gasteiger partial charge on any atom is -0.394 e. The number of fused-ring (bicyclic) bond motifs is 1. The topological polar surface area (TPSA) is 88.7 Å². The highest BCUT2D eigenvalue weighted by atomic mass is 16.6. The van der Waals surface area contributed by atoms with Crippen LogP contribution in [-0.2, 0) is 4.74 Å². The molecule has 7 nitrogen and oxygen atoms in total. The Morgan fingerprint density at radius 1 is 1.50 bits per heavy atom. The number of nitrogens with zero attached hydrogens (tertiary/aromatic N) is 3. The van der Waals surface area contributed by atoms with Crippen molar-refractivity contribution >= 4 is 22.3 Å². The lowest BCUT2D eigenvalue weighted by molar-refractivity contribution is -0.384. The number of hydrogen-bond donors (Lipinski definition) is 1. The first kappa shape index (κ1) is 14.7. The van der Waals surface area contributed by atoms with Gasteiger partial charge in [0, 0.05) is 42.0 Å². The molecule has 116 valence electrons. The first-order chi connectivity index (χ1) is 10.6. The fraction of sp³-hybridized carbons (Fsp3) is 0.400. The molecule has 0 bridgehead atoms. The molecule has 1 aromatic carbocycles. The van der Waals surface area contributed by atoms with Crippen LogP contribution in [0.15, 0.2) is 24.3 Å². The molecule has 7 heteroatoms. The zero-order chi connectivity index (χ0) is 15.7. The summed E-state index contributed by atoms with van der Waals surface area (Å²) in [5, 5.41) is 21.1. The van der Waals surface area contributed by atoms with Crippen molar-refractivity contribution < 1.29 is 14.8 Å². The monoisotopic (exact) mass is 303 g/mol. The number of anilines is 1. The van der Waals surface area contributed by atoms with E-state index in [1.54, 1.807) is 12.1 Å². The highest BCUT2D eigenvalue weighted by molar-refractivity contribution is 5.93. The van der Waals surface area contributed by atoms with Gasteiger partial charge in [0.05, 0.1) is 29.8 Å². The molecule has 0 spiro atoms. The van der Waals surface area contributed by atoms with Gasteiger partial charge in [-0.1, -0.05) is 0 Å². The van der Waals surface area contributed by atoms with Gasteiger partial charge in [-0.3, -0.25) is 15.1 Å². The van der Waals surface area contributed by atoms with Crippen LogP contribution in [0.1, 0.15) is 5.69 Å². The van der Waals surface area contributed by atoms with Gasteiger partial charge in [0.2, 0.25) is 0 Å². The number of pyridine rings is 1. The summed E-state index contributed by atoms with van der Waals surface area (Å²) in [6.07, 6.45) is -0.240. The van der Waals surface area contributed by atoms with Crippen molar-refractivity contribution in [2.75, 3.05) is 31.2 Å². The predicted molar refractivity (Wildman–Crippen MR) is 82.2 cm³/mol. The SMILES string of the molecule is Cc1cc(N2CCO[C@@H](CO)C2)c2cc([N+](=O)[O-])ccc2n1. The Balaban J connectivity index is 2.10. The number of rotatable bonds is 3. The van der Waals surface area contributed by atoms with Crippen molar-refractivity contribution in [3.63, 3.8) is 0 Å². The van der Waals surface area contributed by atoms with Gasteiger partial charge in [-0.25, -0.2) is 0 Å². The molecule has 1 fully saturated rings. The van der Waals surface area contributed by atoms with Crippen molar-refractivity contribution in [1.29, 1.82) is 0 Å². The highest BCUT2D eigenvalue weighted by Crippen LogP contribution is 2.31. The quantitative estimate of drug-likeness (QED) is 0.685. The van der Waals surface area contributed by atoms with Crippen molar-refractivity contribution in [3.05, 3.63) is 40.1 Å². The maximum atomic E-state index is 11.0. The number of hydrogen-bond acceptors (Lipinski definition) is 6. The first-order valence-electron chi connectivity index (χ1n) is 7.11. The van der Waals surface area contributed by atoms with Gasteiger partial charge < -0.3 is 14.7 Å². The van der Waals surface area contributed by atoms with E-state index in [4.69, 9.17) is 4.74 Å². The molecule has 0 aliphatic carbocycles. The Morgan fingerprint density at radius 3 is 3.05 bits per heavy atom. The third-order valence-electron chi connectivity index (χ3n) is 3.79. The largest absolute Gasteiger partial charge is 0.394 e. The van der Waals surface area contributed by atoms with Crippen LogP contribution in [0.4, 0.5) is 11.4 Å². The predicted octanol–water partition coefficient (Wildman–Crippen LogP) is 1.65. The van der Waals surface area contributed by atoms with Crippen LogP contribution in [0.25, 0.3) is 10.9 Å². The van der Waals surface area contributed by atoms with E-state index in [1.165, 1.54) is 6.07 Å². The van der Waals surface area contributed by atoms with E-state index in [9.17, 15) is 15.2 Å². The van der Waals surface area contributed by atoms with Crippen LogP contribution >= 0.6 is 0 Å². The minimum absolute atomic E-state index is 0.0430. The molecule has 2 aromatic rings. The second kappa shape index (κ2) is 5.86. The minimum atomic E-state index is -0.404. The van der Waals surface area contributed by atoms with Crippen molar-refractivity contribution in [3.8, 4) is 0 Å². The summed E-state index contributed by atoms with van der Waals surface area (Å²) in [5.74, 6) is 0. The van der Waals surface area contributed by atoms with Crippen LogP contribution in [0.2, 0.25) is 0 Å². The molecule has 3 rings (SSSR count). The van der Waals surface area contributed by atoms with E-state index in [0.29, 0.717) is 19.7 Å². The number of nitro groups is 1. The van der Waals surface area contributed by atoms with Crippen molar-refractivity contribution in [2.24, 2.45) is 0 Å². The number of nitro benzene ring substituents is 1. The molecule has 1 atom stereocenters. The van der Waals surface area contributed by atoms with Crippen molar-refractivity contribution in [2.45, 2.75) is 13.0 Å². The molecule has 1 aromatic heterocycles. The Hall–Kier alpha value is -2.25. The summed E-state index contributed by atoms with van der Waals surface area (Å²) in [7, 11) is 0. The van der Waals surface area contributed by atoms with Crippen molar-refractivity contribution in [1.82, 2.24) is 4.98 Å². The lowest BCUT2D eigenvalue weighted by Crippen LogP contribution is -2.44. The maximum Gasteiger partial charge on any atom is 0.270 e. The molecule has 1 aliphatic heterocycles. The van der Waals surface area contributed by atoms with E-state index < -0.39 is 4.92 Å². The summed E-state index contributed by atoms with van der Waals surface area (Å²) < 4.78 is 5.47. The second-order valence-corrected chi connectivity index (χ2v) is 5.36. The Morgan fingerprint density at radius 2 is 2.32 bits per heavy atom. The molecule has 0 unspecified atom stereocenters. The fourth-order valence-corrected chi connectivity index (χ4v) is 2.75. The molecule has 0 radical (unpaired) electrons. The summed E-state index contributed by atoms with van der Waals surface area (Å²) in [6, 6.07) is 6.62. The average molecular weight is 303 g/mol. The van der Waals surface area contributed by atoms with Crippen LogP contribution in [0, 0.1) is 17.0 Å². The van der Waals surface area contributed by atoms with Gasteiger partial charge in [0.15, 0.2) is 0 Å². The number of morpholine rings is 1. The van der Waals surface area contributed by atoms with Crippen LogP contribution in [0.3, 0.4) is 0 Å². The van der Waals surface area contributed by atoms with Crippen LogP contribution in [-0.4, -0.2) is 47.4 Å². The second-order valence-electron chi connectivity index (χ2n) is 5.36. The zero-order valence-electron chi connectivity index (χ0n) is 12.2. The Labute approximate surface area is 127 Å². The van der Waals surface area contributed by atoms with Gasteiger partial charge in [0.1, 0.15) is 0 Å². The Bertz CT molecular complexity index is 719. The number of aryl methyl sites for hydroxylation is 1. The standard InChI is InChI=1S/C15H17N3O4/c1-10-6-15(17-4-5-22-12(8-17)9-19)13-7-11(18(20)21)2-3-14(13)16-10/h2-3,6-7,12,19H,4-5,8-9H2,1H3/t12-/m1/s1. The highest BCUT2D eigenvalue weighted by Gasteiger charge is 2.22. The van der Waals surface area contributed by atoms with Gasteiger partial charge in [-0.15, -0.1) is 0 Å². The third kappa shape index (κ3) is 2.72. The fourth-order valence-electron chi connectivity index (χ4n) is 2.75. The molecular formula is C15H17N3O4. The molecule has 1 aliphatic rings. The van der Waals surface area contributed by atoms with E-state index >= 15 is 0 Å². The maximum absolute atomic E-state index is 11.0. The summed E-state index contributed by atoms with van der Waals surface area (Å²) >= 11 is 0. The first-order valence-corrected chi connectivity index (χ1v) is 7.11. The smallest absolute Gasteiger partial charge is 0.270 e. The summed E-state index contributed by atoms with van der Waals surface area (Å²) in [5.41, 5.74) is 2.52. The number of aliphatic hydroxyl groups excluding tert-OH is 1. The van der Waals surface area contributed by atoms with Crippen LogP contribution < -0.4 is 4.90 Å². The van der Waals surface area contributed by atoms with E-state index in [2.05, 4.69) is 9.88 Å². The van der Waals surface area contributed by atoms with E-state index in [-0.39, 0.29) is 18.4 Å². The number of non-ortho nitro benzene ring substituents is 1. The number of aliphatic hydroxyl groups is 1. The average Bonchev–Trinajstić information content (AvgIpc) is 2.53. The number of benzene rings is 1. The lowest BCUT2D eigenvalue weighted by atomic mass is 10.1. The molecule has 22 heavy (non-hydrogen) atoms. The summed E-state index contributed by atoms with van der Waals surface area (Å²) in [6.45, 7) is 3.60.